The Morgan fingerprint density at radius 3 is 2.14 bits per heavy atom. The third kappa shape index (κ3) is 11.2. The van der Waals surface area contributed by atoms with E-state index in [1.165, 1.54) is 12.5 Å². The quantitative estimate of drug-likeness (QED) is 0.0796. The number of thiol groups is 1. The van der Waals surface area contributed by atoms with Crippen LogP contribution in [-0.2, 0) is 30.4 Å². The standard InChI is InChI=1S/C20H33N7O7S/c21-6-2-1-3-13(18(31)26-14(20(33)34)4-5-16(28)29)25-19(32)15(9-35)27-17(30)12(22)7-11-8-23-10-24-11/h8,10,12-15,35H,1-7,9,21-22H2,(H,23,24)(H,25,32)(H,26,31)(H,27,30)(H,28,29)(H,33,34). The number of rotatable bonds is 17. The molecule has 0 fully saturated rings. The molecule has 1 aromatic rings. The van der Waals surface area contributed by atoms with Gasteiger partial charge in [0.25, 0.3) is 0 Å². The summed E-state index contributed by atoms with van der Waals surface area (Å²) in [5.74, 6) is -4.84. The van der Waals surface area contributed by atoms with Crippen molar-refractivity contribution in [2.45, 2.75) is 62.7 Å². The number of carbonyl (C=O) groups excluding carboxylic acids is 3. The van der Waals surface area contributed by atoms with Gasteiger partial charge in [0.15, 0.2) is 0 Å². The van der Waals surface area contributed by atoms with Crippen molar-refractivity contribution < 1.29 is 34.2 Å². The molecule has 0 aliphatic heterocycles. The van der Waals surface area contributed by atoms with Gasteiger partial charge in [-0.1, -0.05) is 0 Å². The Kier molecular flexibility index (Phi) is 13.4. The van der Waals surface area contributed by atoms with Gasteiger partial charge in [0, 0.05) is 30.5 Å². The van der Waals surface area contributed by atoms with E-state index in [-0.39, 0.29) is 25.0 Å². The lowest BCUT2D eigenvalue weighted by atomic mass is 10.1. The van der Waals surface area contributed by atoms with Gasteiger partial charge in [-0.15, -0.1) is 0 Å². The second kappa shape index (κ2) is 15.7. The van der Waals surface area contributed by atoms with Crippen molar-refractivity contribution in [3.8, 4) is 0 Å². The lowest BCUT2D eigenvalue weighted by Crippen LogP contribution is -2.57. The van der Waals surface area contributed by atoms with Crippen LogP contribution in [0.25, 0.3) is 0 Å². The van der Waals surface area contributed by atoms with E-state index in [1.807, 2.05) is 0 Å². The molecular formula is C20H33N7O7S. The van der Waals surface area contributed by atoms with Crippen LogP contribution in [0.3, 0.4) is 0 Å². The first-order valence-electron chi connectivity index (χ1n) is 11.0. The molecular weight excluding hydrogens is 482 g/mol. The summed E-state index contributed by atoms with van der Waals surface area (Å²) in [6, 6.07) is -4.68. The van der Waals surface area contributed by atoms with E-state index >= 15 is 0 Å². The predicted octanol–water partition coefficient (Wildman–Crippen LogP) is -2.26. The van der Waals surface area contributed by atoms with Gasteiger partial charge in [0.2, 0.25) is 17.7 Å². The van der Waals surface area contributed by atoms with Gasteiger partial charge in [-0.05, 0) is 32.2 Å². The molecule has 1 heterocycles. The molecule has 35 heavy (non-hydrogen) atoms. The fourth-order valence-electron chi connectivity index (χ4n) is 3.03. The molecule has 4 unspecified atom stereocenters. The summed E-state index contributed by atoms with van der Waals surface area (Å²) < 4.78 is 0. The first-order valence-corrected chi connectivity index (χ1v) is 11.6. The zero-order valence-corrected chi connectivity index (χ0v) is 20.0. The molecule has 0 aliphatic rings. The number of carbonyl (C=O) groups is 5. The number of hydrogen-bond acceptors (Lipinski definition) is 9. The number of hydrogen-bond donors (Lipinski definition) is 9. The number of imidazole rings is 1. The molecule has 196 valence electrons. The Hall–Kier alpha value is -3.17. The molecule has 0 aliphatic carbocycles. The zero-order valence-electron chi connectivity index (χ0n) is 19.1. The maximum absolute atomic E-state index is 12.8. The van der Waals surface area contributed by atoms with E-state index in [0.29, 0.717) is 25.1 Å². The molecule has 10 N–H and O–H groups in total. The minimum atomic E-state index is -1.45. The van der Waals surface area contributed by atoms with Crippen molar-refractivity contribution in [3.05, 3.63) is 18.2 Å². The molecule has 14 nitrogen and oxygen atoms in total. The van der Waals surface area contributed by atoms with Crippen LogP contribution in [0.15, 0.2) is 12.5 Å². The summed E-state index contributed by atoms with van der Waals surface area (Å²) in [5, 5.41) is 25.3. The van der Waals surface area contributed by atoms with Crippen molar-refractivity contribution in [1.29, 1.82) is 0 Å². The lowest BCUT2D eigenvalue weighted by Gasteiger charge is -2.24. The van der Waals surface area contributed by atoms with Crippen molar-refractivity contribution in [3.63, 3.8) is 0 Å². The maximum Gasteiger partial charge on any atom is 0.326 e. The van der Waals surface area contributed by atoms with Gasteiger partial charge < -0.3 is 42.6 Å². The summed E-state index contributed by atoms with van der Waals surface area (Å²) in [6.07, 6.45) is 3.47. The fourth-order valence-corrected chi connectivity index (χ4v) is 3.29. The normalized spacial score (nSPS) is 14.3. The van der Waals surface area contributed by atoms with E-state index < -0.39 is 60.2 Å². The number of carboxylic acid groups (broad SMARTS) is 2. The van der Waals surface area contributed by atoms with E-state index in [4.69, 9.17) is 16.6 Å². The van der Waals surface area contributed by atoms with Crippen molar-refractivity contribution >= 4 is 42.3 Å². The number of nitrogens with one attached hydrogen (secondary N) is 4. The SMILES string of the molecule is NCCCCC(NC(=O)C(CS)NC(=O)C(N)Cc1cnc[nH]1)C(=O)NC(CCC(=O)O)C(=O)O. The monoisotopic (exact) mass is 515 g/mol. The van der Waals surface area contributed by atoms with Gasteiger partial charge in [-0.25, -0.2) is 9.78 Å². The molecule has 0 radical (unpaired) electrons. The molecule has 0 bridgehead atoms. The van der Waals surface area contributed by atoms with Crippen LogP contribution in [0.2, 0.25) is 0 Å². The molecule has 0 saturated heterocycles. The van der Waals surface area contributed by atoms with Gasteiger partial charge >= 0.3 is 11.9 Å². The number of amides is 3. The minimum Gasteiger partial charge on any atom is -0.481 e. The highest BCUT2D eigenvalue weighted by molar-refractivity contribution is 7.80. The highest BCUT2D eigenvalue weighted by Crippen LogP contribution is 2.06. The van der Waals surface area contributed by atoms with Gasteiger partial charge in [0.1, 0.15) is 18.1 Å². The van der Waals surface area contributed by atoms with Crippen LogP contribution in [0.5, 0.6) is 0 Å². The largest absolute Gasteiger partial charge is 0.481 e. The Morgan fingerprint density at radius 2 is 1.60 bits per heavy atom. The molecule has 15 heteroatoms. The summed E-state index contributed by atoms with van der Waals surface area (Å²) in [4.78, 5) is 66.8. The molecule has 1 rings (SSSR count). The third-order valence-corrected chi connectivity index (χ3v) is 5.35. The summed E-state index contributed by atoms with van der Waals surface area (Å²) in [6.45, 7) is 0.349. The highest BCUT2D eigenvalue weighted by Gasteiger charge is 2.30. The summed E-state index contributed by atoms with van der Waals surface area (Å²) in [5.41, 5.74) is 12.0. The number of carboxylic acids is 2. The first kappa shape index (κ1) is 29.9. The van der Waals surface area contributed by atoms with Crippen molar-refractivity contribution in [2.24, 2.45) is 11.5 Å². The molecule has 3 amide bonds. The van der Waals surface area contributed by atoms with Crippen LogP contribution < -0.4 is 27.4 Å². The van der Waals surface area contributed by atoms with Gasteiger partial charge in [-0.3, -0.25) is 19.2 Å². The first-order chi connectivity index (χ1) is 16.6. The van der Waals surface area contributed by atoms with Crippen LogP contribution >= 0.6 is 12.6 Å². The second-order valence-corrected chi connectivity index (χ2v) is 8.17. The number of nitrogens with two attached hydrogens (primary N) is 2. The average molecular weight is 516 g/mol. The topological polar surface area (TPSA) is 243 Å². The molecule has 0 spiro atoms. The smallest absolute Gasteiger partial charge is 0.326 e. The van der Waals surface area contributed by atoms with Crippen LogP contribution in [-0.4, -0.2) is 86.3 Å². The zero-order chi connectivity index (χ0) is 26.4. The van der Waals surface area contributed by atoms with E-state index in [9.17, 15) is 29.1 Å². The average Bonchev–Trinajstić information content (AvgIpc) is 3.31. The van der Waals surface area contributed by atoms with Crippen molar-refractivity contribution in [2.75, 3.05) is 12.3 Å². The maximum atomic E-state index is 12.8. The van der Waals surface area contributed by atoms with E-state index in [0.717, 1.165) is 0 Å². The third-order valence-electron chi connectivity index (χ3n) is 4.99. The van der Waals surface area contributed by atoms with Crippen LogP contribution in [0.1, 0.15) is 37.8 Å². The summed E-state index contributed by atoms with van der Waals surface area (Å²) in [7, 11) is 0. The fraction of sp³-hybridized carbons (Fsp3) is 0.600. The number of aliphatic carboxylic acids is 2. The molecule has 1 aromatic heterocycles. The minimum absolute atomic E-state index is 0.0954. The van der Waals surface area contributed by atoms with E-state index in [1.54, 1.807) is 0 Å². The van der Waals surface area contributed by atoms with Crippen molar-refractivity contribution in [1.82, 2.24) is 25.9 Å². The molecule has 0 aromatic carbocycles. The molecule has 4 atom stereocenters. The number of unbranched alkanes of at least 4 members (excludes halogenated alkanes) is 1. The Morgan fingerprint density at radius 1 is 0.971 bits per heavy atom. The number of aromatic amines is 1. The Balaban J connectivity index is 2.82. The van der Waals surface area contributed by atoms with Crippen LogP contribution in [0.4, 0.5) is 0 Å². The summed E-state index contributed by atoms with van der Waals surface area (Å²) >= 11 is 4.09. The lowest BCUT2D eigenvalue weighted by molar-refractivity contribution is -0.143. The number of aromatic nitrogens is 2. The second-order valence-electron chi connectivity index (χ2n) is 7.81. The Bertz CT molecular complexity index is 853. The van der Waals surface area contributed by atoms with Gasteiger partial charge in [-0.2, -0.15) is 12.6 Å². The highest BCUT2D eigenvalue weighted by atomic mass is 32.1. The van der Waals surface area contributed by atoms with Crippen LogP contribution in [0, 0.1) is 0 Å². The number of nitrogens with zero attached hydrogens (tertiary/aromatic N) is 1. The molecule has 0 saturated carbocycles. The van der Waals surface area contributed by atoms with E-state index in [2.05, 4.69) is 38.5 Å². The van der Waals surface area contributed by atoms with Gasteiger partial charge in [0.05, 0.1) is 12.4 Å². The predicted molar refractivity (Wildman–Crippen MR) is 127 cm³/mol. The Labute approximate surface area is 207 Å². The number of H-pyrrole nitrogens is 1.